The standard InChI is InChI=1S/C21H17F4NO4/c1-4-21(3,20(29)30)16-9(2)26(14-8-13(24)18(27)17(25)15(14)16)19(28)10-5-6-11(22)12(23)7-10/h5-8,27H,4H2,1-3H3,(H,29,30)/t21-/m1/s1. The van der Waals surface area contributed by atoms with Crippen LogP contribution in [-0.4, -0.2) is 26.7 Å². The number of benzene rings is 2. The van der Waals surface area contributed by atoms with Crippen LogP contribution in [0.15, 0.2) is 24.3 Å². The van der Waals surface area contributed by atoms with Gasteiger partial charge in [0, 0.05) is 28.3 Å². The summed E-state index contributed by atoms with van der Waals surface area (Å²) in [5.74, 6) is -8.85. The van der Waals surface area contributed by atoms with E-state index in [1.165, 1.54) is 20.8 Å². The van der Waals surface area contributed by atoms with Crippen LogP contribution in [0.2, 0.25) is 0 Å². The highest BCUT2D eigenvalue weighted by molar-refractivity contribution is 6.06. The number of nitrogens with zero attached hydrogens (tertiary/aromatic N) is 1. The Kier molecular flexibility index (Phi) is 5.09. The lowest BCUT2D eigenvalue weighted by atomic mass is 9.78. The summed E-state index contributed by atoms with van der Waals surface area (Å²) in [6.45, 7) is 4.18. The molecule has 1 atom stereocenters. The summed E-state index contributed by atoms with van der Waals surface area (Å²) in [6, 6.07) is 3.05. The van der Waals surface area contributed by atoms with Gasteiger partial charge in [-0.3, -0.25) is 14.2 Å². The molecular weight excluding hydrogens is 406 g/mol. The molecule has 0 spiro atoms. The fourth-order valence-electron chi connectivity index (χ4n) is 3.61. The summed E-state index contributed by atoms with van der Waals surface area (Å²) in [4.78, 5) is 25.1. The van der Waals surface area contributed by atoms with Gasteiger partial charge in [-0.2, -0.15) is 0 Å². The smallest absolute Gasteiger partial charge is 0.313 e. The van der Waals surface area contributed by atoms with E-state index >= 15 is 0 Å². The number of carboxylic acids is 1. The summed E-state index contributed by atoms with van der Waals surface area (Å²) in [7, 11) is 0. The molecule has 0 aliphatic carbocycles. The summed E-state index contributed by atoms with van der Waals surface area (Å²) >= 11 is 0. The molecule has 0 saturated heterocycles. The first kappa shape index (κ1) is 21.4. The largest absolute Gasteiger partial charge is 0.503 e. The predicted octanol–water partition coefficient (Wildman–Crippen LogP) is 4.65. The minimum atomic E-state index is -1.69. The van der Waals surface area contributed by atoms with Crippen molar-refractivity contribution < 1.29 is 37.4 Å². The molecule has 2 N–H and O–H groups in total. The molecule has 0 radical (unpaired) electrons. The molecule has 2 aromatic carbocycles. The van der Waals surface area contributed by atoms with Crippen LogP contribution in [-0.2, 0) is 10.2 Å². The van der Waals surface area contributed by atoms with Crippen LogP contribution in [0.25, 0.3) is 10.9 Å². The number of fused-ring (bicyclic) bond motifs is 1. The fraction of sp³-hybridized carbons (Fsp3) is 0.238. The van der Waals surface area contributed by atoms with Gasteiger partial charge in [0.2, 0.25) is 0 Å². The van der Waals surface area contributed by atoms with E-state index < -0.39 is 51.7 Å². The second-order valence-corrected chi connectivity index (χ2v) is 7.14. The van der Waals surface area contributed by atoms with Crippen molar-refractivity contribution in [2.45, 2.75) is 32.6 Å². The molecule has 9 heteroatoms. The molecule has 0 aliphatic rings. The Morgan fingerprint density at radius 2 is 1.70 bits per heavy atom. The van der Waals surface area contributed by atoms with Crippen LogP contribution in [0, 0.1) is 30.2 Å². The average molecular weight is 423 g/mol. The van der Waals surface area contributed by atoms with Crippen molar-refractivity contribution in [1.82, 2.24) is 4.57 Å². The Morgan fingerprint density at radius 1 is 1.07 bits per heavy atom. The summed E-state index contributed by atoms with van der Waals surface area (Å²) < 4.78 is 56.7. The predicted molar refractivity (Wildman–Crippen MR) is 99.6 cm³/mol. The number of phenolic OH excluding ortho intramolecular Hbond substituents is 1. The van der Waals surface area contributed by atoms with Crippen LogP contribution >= 0.6 is 0 Å². The second-order valence-electron chi connectivity index (χ2n) is 7.14. The van der Waals surface area contributed by atoms with E-state index in [2.05, 4.69) is 0 Å². The number of hydrogen-bond acceptors (Lipinski definition) is 3. The molecule has 158 valence electrons. The number of carboxylic acid groups (broad SMARTS) is 1. The molecule has 0 bridgehead atoms. The van der Waals surface area contributed by atoms with Gasteiger partial charge in [-0.05, 0) is 38.5 Å². The molecule has 3 rings (SSSR count). The van der Waals surface area contributed by atoms with Crippen molar-refractivity contribution in [2.75, 3.05) is 0 Å². The molecule has 0 saturated carbocycles. The lowest BCUT2D eigenvalue weighted by Gasteiger charge is -2.24. The third kappa shape index (κ3) is 2.92. The zero-order valence-corrected chi connectivity index (χ0v) is 16.2. The van der Waals surface area contributed by atoms with Gasteiger partial charge in [0.15, 0.2) is 29.0 Å². The first-order valence-electron chi connectivity index (χ1n) is 8.91. The van der Waals surface area contributed by atoms with Crippen molar-refractivity contribution in [3.05, 3.63) is 64.4 Å². The average Bonchev–Trinajstić information content (AvgIpc) is 2.99. The molecule has 0 aliphatic heterocycles. The van der Waals surface area contributed by atoms with Gasteiger partial charge in [0.1, 0.15) is 0 Å². The SMILES string of the molecule is CC[C@@](C)(C(=O)O)c1c(C)n(C(=O)c2ccc(F)c(F)c2)c2cc(F)c(O)c(F)c12. The van der Waals surface area contributed by atoms with E-state index in [0.717, 1.165) is 16.7 Å². The highest BCUT2D eigenvalue weighted by Gasteiger charge is 2.40. The fourth-order valence-corrected chi connectivity index (χ4v) is 3.61. The topological polar surface area (TPSA) is 79.5 Å². The Labute approximate surface area is 168 Å². The normalized spacial score (nSPS) is 13.4. The van der Waals surface area contributed by atoms with E-state index in [1.807, 2.05) is 0 Å². The Balaban J connectivity index is 2.46. The van der Waals surface area contributed by atoms with E-state index in [9.17, 15) is 37.4 Å². The van der Waals surface area contributed by atoms with Crippen LogP contribution in [0.5, 0.6) is 5.75 Å². The van der Waals surface area contributed by atoms with Crippen molar-refractivity contribution >= 4 is 22.8 Å². The van der Waals surface area contributed by atoms with Gasteiger partial charge in [-0.15, -0.1) is 0 Å². The second kappa shape index (κ2) is 7.16. The number of hydrogen-bond donors (Lipinski definition) is 2. The van der Waals surface area contributed by atoms with Gasteiger partial charge in [0.05, 0.1) is 10.9 Å². The maximum Gasteiger partial charge on any atom is 0.313 e. The van der Waals surface area contributed by atoms with Crippen molar-refractivity contribution in [2.24, 2.45) is 0 Å². The van der Waals surface area contributed by atoms with Gasteiger partial charge in [-0.1, -0.05) is 6.92 Å². The molecule has 0 amide bonds. The first-order valence-corrected chi connectivity index (χ1v) is 8.91. The lowest BCUT2D eigenvalue weighted by Crippen LogP contribution is -2.32. The highest BCUT2D eigenvalue weighted by atomic mass is 19.2. The molecule has 5 nitrogen and oxygen atoms in total. The number of rotatable bonds is 4. The third-order valence-electron chi connectivity index (χ3n) is 5.46. The quantitative estimate of drug-likeness (QED) is 0.599. The number of carbonyl (C=O) groups is 2. The first-order chi connectivity index (χ1) is 14.0. The van der Waals surface area contributed by atoms with E-state index in [1.54, 1.807) is 0 Å². The Bertz CT molecular complexity index is 1220. The molecule has 1 aromatic heterocycles. The zero-order chi connectivity index (χ0) is 22.5. The molecular formula is C21H17F4NO4. The van der Waals surface area contributed by atoms with Crippen LogP contribution in [0.1, 0.15) is 41.9 Å². The summed E-state index contributed by atoms with van der Waals surface area (Å²) in [6.07, 6.45) is -0.0147. The summed E-state index contributed by atoms with van der Waals surface area (Å²) in [5, 5.41) is 19.1. The number of aliphatic carboxylic acids is 1. The van der Waals surface area contributed by atoms with Crippen LogP contribution in [0.4, 0.5) is 17.6 Å². The lowest BCUT2D eigenvalue weighted by molar-refractivity contribution is -0.143. The van der Waals surface area contributed by atoms with Crippen molar-refractivity contribution in [1.29, 1.82) is 0 Å². The monoisotopic (exact) mass is 423 g/mol. The number of aromatic hydroxyl groups is 1. The third-order valence-corrected chi connectivity index (χ3v) is 5.46. The molecule has 0 unspecified atom stereocenters. The van der Waals surface area contributed by atoms with E-state index in [-0.39, 0.29) is 28.8 Å². The minimum absolute atomic E-state index is 0.0147. The summed E-state index contributed by atoms with van der Waals surface area (Å²) in [5.41, 5.74) is -2.51. The van der Waals surface area contributed by atoms with Gasteiger partial charge in [-0.25, -0.2) is 17.6 Å². The van der Waals surface area contributed by atoms with Crippen molar-refractivity contribution in [3.8, 4) is 5.75 Å². The Hall–Kier alpha value is -3.36. The minimum Gasteiger partial charge on any atom is -0.503 e. The van der Waals surface area contributed by atoms with Gasteiger partial charge >= 0.3 is 5.97 Å². The molecule has 30 heavy (non-hydrogen) atoms. The molecule has 3 aromatic rings. The van der Waals surface area contributed by atoms with Gasteiger partial charge < -0.3 is 10.2 Å². The van der Waals surface area contributed by atoms with Crippen LogP contribution < -0.4 is 0 Å². The highest BCUT2D eigenvalue weighted by Crippen LogP contribution is 2.42. The number of phenols is 1. The number of carbonyl (C=O) groups excluding carboxylic acids is 1. The molecule has 0 fully saturated rings. The maximum atomic E-state index is 14.9. The Morgan fingerprint density at radius 3 is 2.23 bits per heavy atom. The molecule has 1 heterocycles. The van der Waals surface area contributed by atoms with E-state index in [4.69, 9.17) is 0 Å². The van der Waals surface area contributed by atoms with Crippen LogP contribution in [0.3, 0.4) is 0 Å². The number of aromatic nitrogens is 1. The van der Waals surface area contributed by atoms with Gasteiger partial charge in [0.25, 0.3) is 5.91 Å². The van der Waals surface area contributed by atoms with E-state index in [0.29, 0.717) is 12.1 Å². The zero-order valence-electron chi connectivity index (χ0n) is 16.2. The van der Waals surface area contributed by atoms with Crippen molar-refractivity contribution in [3.63, 3.8) is 0 Å². The maximum absolute atomic E-state index is 14.9. The number of halogens is 4.